The summed E-state index contributed by atoms with van der Waals surface area (Å²) in [6, 6.07) is 6.43. The van der Waals surface area contributed by atoms with Gasteiger partial charge in [0.15, 0.2) is 0 Å². The first kappa shape index (κ1) is 16.8. The Labute approximate surface area is 135 Å². The van der Waals surface area contributed by atoms with Crippen LogP contribution in [0.25, 0.3) is 0 Å². The lowest BCUT2D eigenvalue weighted by Crippen LogP contribution is -2.39. The molecule has 7 nitrogen and oxygen atoms in total. The second-order valence-corrected chi connectivity index (χ2v) is 5.50. The first-order valence-electron chi connectivity index (χ1n) is 7.81. The van der Waals surface area contributed by atoms with Gasteiger partial charge in [-0.1, -0.05) is 13.0 Å². The van der Waals surface area contributed by atoms with E-state index in [0.29, 0.717) is 17.9 Å². The zero-order chi connectivity index (χ0) is 16.7. The average Bonchev–Trinajstić information content (AvgIpc) is 3.36. The third-order valence-electron chi connectivity index (χ3n) is 3.32. The fraction of sp³-hybridized carbons (Fsp3) is 0.438. The van der Waals surface area contributed by atoms with E-state index < -0.39 is 6.03 Å². The lowest BCUT2D eigenvalue weighted by molar-refractivity contribution is -0.120. The largest absolute Gasteiger partial charge is 0.355 e. The summed E-state index contributed by atoms with van der Waals surface area (Å²) in [5, 5.41) is 10.6. The summed E-state index contributed by atoms with van der Waals surface area (Å²) in [6.07, 6.45) is 2.72. The van der Waals surface area contributed by atoms with Gasteiger partial charge in [-0.05, 0) is 37.5 Å². The maximum absolute atomic E-state index is 11.8. The van der Waals surface area contributed by atoms with Crippen molar-refractivity contribution >= 4 is 29.2 Å². The highest BCUT2D eigenvalue weighted by molar-refractivity contribution is 5.96. The molecule has 0 radical (unpaired) electrons. The van der Waals surface area contributed by atoms with Gasteiger partial charge in [0.1, 0.15) is 0 Å². The highest BCUT2D eigenvalue weighted by Gasteiger charge is 2.29. The second kappa shape index (κ2) is 8.17. The average molecular weight is 318 g/mol. The lowest BCUT2D eigenvalue weighted by Gasteiger charge is -2.10. The molecule has 1 aromatic rings. The van der Waals surface area contributed by atoms with Gasteiger partial charge in [0.25, 0.3) is 0 Å². The molecule has 7 heteroatoms. The van der Waals surface area contributed by atoms with E-state index in [0.717, 1.165) is 19.3 Å². The van der Waals surface area contributed by atoms with Gasteiger partial charge in [-0.15, -0.1) is 0 Å². The van der Waals surface area contributed by atoms with Crippen molar-refractivity contribution in [1.82, 2.24) is 10.6 Å². The van der Waals surface area contributed by atoms with Crippen LogP contribution in [0, 0.1) is 5.92 Å². The highest BCUT2D eigenvalue weighted by Crippen LogP contribution is 2.30. The molecule has 0 aliphatic heterocycles. The molecule has 23 heavy (non-hydrogen) atoms. The van der Waals surface area contributed by atoms with Gasteiger partial charge in [-0.3, -0.25) is 9.59 Å². The predicted octanol–water partition coefficient (Wildman–Crippen LogP) is 1.68. The van der Waals surface area contributed by atoms with Crippen LogP contribution in [-0.4, -0.2) is 30.9 Å². The maximum Gasteiger partial charge on any atom is 0.319 e. The molecule has 4 N–H and O–H groups in total. The van der Waals surface area contributed by atoms with Gasteiger partial charge in [0.05, 0.1) is 6.54 Å². The van der Waals surface area contributed by atoms with Gasteiger partial charge < -0.3 is 21.3 Å². The van der Waals surface area contributed by atoms with Crippen molar-refractivity contribution in [1.29, 1.82) is 0 Å². The summed E-state index contributed by atoms with van der Waals surface area (Å²) >= 11 is 0. The van der Waals surface area contributed by atoms with Gasteiger partial charge in [-0.25, -0.2) is 4.79 Å². The first-order chi connectivity index (χ1) is 11.1. The lowest BCUT2D eigenvalue weighted by atomic mass is 10.2. The minimum atomic E-state index is -0.470. The third-order valence-corrected chi connectivity index (χ3v) is 3.32. The van der Waals surface area contributed by atoms with Crippen LogP contribution in [0.4, 0.5) is 16.2 Å². The third kappa shape index (κ3) is 5.98. The van der Waals surface area contributed by atoms with Crippen molar-refractivity contribution in [2.75, 3.05) is 23.7 Å². The molecule has 0 aromatic heterocycles. The van der Waals surface area contributed by atoms with Crippen LogP contribution in [0.1, 0.15) is 26.2 Å². The number of hydrogen-bond acceptors (Lipinski definition) is 3. The number of rotatable bonds is 7. The summed E-state index contributed by atoms with van der Waals surface area (Å²) in [5.74, 6) is -0.0943. The van der Waals surface area contributed by atoms with Crippen molar-refractivity contribution in [2.24, 2.45) is 5.92 Å². The molecule has 0 unspecified atom stereocenters. The number of anilines is 2. The summed E-state index contributed by atoms with van der Waals surface area (Å²) in [7, 11) is 0. The Kier molecular flexibility index (Phi) is 5.96. The van der Waals surface area contributed by atoms with E-state index in [2.05, 4.69) is 21.3 Å². The first-order valence-corrected chi connectivity index (χ1v) is 7.81. The Morgan fingerprint density at radius 3 is 2.43 bits per heavy atom. The van der Waals surface area contributed by atoms with E-state index in [4.69, 9.17) is 0 Å². The number of benzene rings is 1. The Hall–Kier alpha value is -2.57. The number of hydrogen-bond donors (Lipinski definition) is 4. The molecule has 1 fully saturated rings. The number of carbonyl (C=O) groups is 3. The van der Waals surface area contributed by atoms with E-state index >= 15 is 0 Å². The van der Waals surface area contributed by atoms with Gasteiger partial charge in [0, 0.05) is 23.8 Å². The molecule has 0 saturated heterocycles. The zero-order valence-electron chi connectivity index (χ0n) is 13.1. The quantitative estimate of drug-likeness (QED) is 0.615. The molecule has 0 bridgehead atoms. The summed E-state index contributed by atoms with van der Waals surface area (Å²) < 4.78 is 0. The van der Waals surface area contributed by atoms with Crippen LogP contribution in [0.15, 0.2) is 24.3 Å². The molecule has 1 aromatic carbocycles. The van der Waals surface area contributed by atoms with Gasteiger partial charge in [-0.2, -0.15) is 0 Å². The smallest absolute Gasteiger partial charge is 0.319 e. The normalized spacial score (nSPS) is 13.1. The SMILES string of the molecule is CCCNC(=O)CNC(=O)Nc1cccc(NC(=O)C2CC2)c1. The van der Waals surface area contributed by atoms with Crippen LogP contribution in [0.2, 0.25) is 0 Å². The molecule has 0 atom stereocenters. The highest BCUT2D eigenvalue weighted by atomic mass is 16.2. The Bertz CT molecular complexity index is 584. The van der Waals surface area contributed by atoms with Crippen LogP contribution in [-0.2, 0) is 9.59 Å². The Balaban J connectivity index is 1.78. The fourth-order valence-corrected chi connectivity index (χ4v) is 1.93. The Morgan fingerprint density at radius 2 is 1.78 bits per heavy atom. The monoisotopic (exact) mass is 318 g/mol. The molecule has 4 amide bonds. The molecule has 0 spiro atoms. The van der Waals surface area contributed by atoms with Crippen molar-refractivity contribution in [3.8, 4) is 0 Å². The van der Waals surface area contributed by atoms with Crippen molar-refractivity contribution in [3.05, 3.63) is 24.3 Å². The number of carbonyl (C=O) groups excluding carboxylic acids is 3. The van der Waals surface area contributed by atoms with E-state index in [1.54, 1.807) is 24.3 Å². The van der Waals surface area contributed by atoms with Crippen LogP contribution in [0.3, 0.4) is 0 Å². The minimum absolute atomic E-state index is 0.0131. The molecule has 2 rings (SSSR count). The summed E-state index contributed by atoms with van der Waals surface area (Å²) in [5.41, 5.74) is 1.19. The summed E-state index contributed by atoms with van der Waals surface area (Å²) in [4.78, 5) is 34.9. The van der Waals surface area contributed by atoms with Crippen LogP contribution in [0.5, 0.6) is 0 Å². The van der Waals surface area contributed by atoms with Crippen molar-refractivity contribution < 1.29 is 14.4 Å². The number of urea groups is 1. The maximum atomic E-state index is 11.8. The molecule has 124 valence electrons. The van der Waals surface area contributed by atoms with Gasteiger partial charge >= 0.3 is 6.03 Å². The van der Waals surface area contributed by atoms with E-state index in [9.17, 15) is 14.4 Å². The molecule has 0 heterocycles. The fourth-order valence-electron chi connectivity index (χ4n) is 1.93. The van der Waals surface area contributed by atoms with E-state index in [-0.39, 0.29) is 24.3 Å². The number of amides is 4. The molecular formula is C16H22N4O3. The number of nitrogens with one attached hydrogen (secondary N) is 4. The zero-order valence-corrected chi connectivity index (χ0v) is 13.1. The van der Waals surface area contributed by atoms with Gasteiger partial charge in [0.2, 0.25) is 11.8 Å². The second-order valence-electron chi connectivity index (χ2n) is 5.50. The van der Waals surface area contributed by atoms with Crippen LogP contribution < -0.4 is 21.3 Å². The topological polar surface area (TPSA) is 99.3 Å². The van der Waals surface area contributed by atoms with Crippen molar-refractivity contribution in [2.45, 2.75) is 26.2 Å². The van der Waals surface area contributed by atoms with Crippen LogP contribution >= 0.6 is 0 Å². The van der Waals surface area contributed by atoms with E-state index in [1.165, 1.54) is 0 Å². The standard InChI is InChI=1S/C16H22N4O3/c1-2-8-17-14(21)10-18-16(23)20-13-5-3-4-12(9-13)19-15(22)11-6-7-11/h3-5,9,11H,2,6-8,10H2,1H3,(H,17,21)(H,19,22)(H2,18,20,23). The molecule has 1 aliphatic carbocycles. The Morgan fingerprint density at radius 1 is 1.09 bits per heavy atom. The molecule has 1 saturated carbocycles. The molecule has 1 aliphatic rings. The summed E-state index contributed by atoms with van der Waals surface area (Å²) in [6.45, 7) is 2.46. The molecular weight excluding hydrogens is 296 g/mol. The predicted molar refractivity (Wildman–Crippen MR) is 88.1 cm³/mol. The van der Waals surface area contributed by atoms with Crippen molar-refractivity contribution in [3.63, 3.8) is 0 Å². The minimum Gasteiger partial charge on any atom is -0.355 e. The van der Waals surface area contributed by atoms with E-state index in [1.807, 2.05) is 6.92 Å².